The third-order valence-corrected chi connectivity index (χ3v) is 4.22. The molecule has 9 heteroatoms. The average molecular weight is 399 g/mol. The Hall–Kier alpha value is -3.62. The van der Waals surface area contributed by atoms with E-state index in [2.05, 4.69) is 20.7 Å². The highest BCUT2D eigenvalue weighted by atomic mass is 19.1. The van der Waals surface area contributed by atoms with Gasteiger partial charge in [0.15, 0.2) is 5.82 Å². The summed E-state index contributed by atoms with van der Waals surface area (Å²) in [6, 6.07) is 8.27. The molecule has 0 spiro atoms. The highest BCUT2D eigenvalue weighted by Crippen LogP contribution is 2.18. The number of anilines is 1. The summed E-state index contributed by atoms with van der Waals surface area (Å²) in [5.41, 5.74) is 0.650. The highest BCUT2D eigenvalue weighted by molar-refractivity contribution is 6.01. The molecule has 0 aliphatic rings. The van der Waals surface area contributed by atoms with E-state index in [1.165, 1.54) is 53.7 Å². The quantitative estimate of drug-likeness (QED) is 0.667. The Morgan fingerprint density at radius 2 is 1.79 bits per heavy atom. The summed E-state index contributed by atoms with van der Waals surface area (Å²) >= 11 is 0. The van der Waals surface area contributed by atoms with Crippen LogP contribution in [0.5, 0.6) is 0 Å². The van der Waals surface area contributed by atoms with Crippen molar-refractivity contribution in [2.45, 2.75) is 19.9 Å². The van der Waals surface area contributed by atoms with E-state index >= 15 is 0 Å². The zero-order valence-electron chi connectivity index (χ0n) is 15.8. The van der Waals surface area contributed by atoms with E-state index in [1.54, 1.807) is 13.8 Å². The summed E-state index contributed by atoms with van der Waals surface area (Å²) in [7, 11) is 0. The number of hydrogen-bond donors (Lipinski definition) is 2. The van der Waals surface area contributed by atoms with E-state index in [0.29, 0.717) is 0 Å². The van der Waals surface area contributed by atoms with Gasteiger partial charge in [0.25, 0.3) is 5.91 Å². The Labute approximate surface area is 165 Å². The molecule has 2 amide bonds. The number of rotatable bonds is 6. The van der Waals surface area contributed by atoms with Crippen LogP contribution in [0, 0.1) is 17.6 Å². The maximum absolute atomic E-state index is 14.3. The SMILES string of the molecule is CC(C)C(NC(=O)c1ccc(F)cc1)C(=O)Nc1ccc(-n2cncn2)c(F)c1. The second-order valence-corrected chi connectivity index (χ2v) is 6.70. The molecular weight excluding hydrogens is 380 g/mol. The van der Waals surface area contributed by atoms with Crippen molar-refractivity contribution >= 4 is 17.5 Å². The van der Waals surface area contributed by atoms with Crippen LogP contribution in [0.2, 0.25) is 0 Å². The molecule has 1 aromatic heterocycles. The summed E-state index contributed by atoms with van der Waals surface area (Å²) in [6.07, 6.45) is 2.64. The van der Waals surface area contributed by atoms with Crippen molar-refractivity contribution in [3.05, 3.63) is 72.3 Å². The number of halogens is 2. The largest absolute Gasteiger partial charge is 0.340 e. The van der Waals surface area contributed by atoms with Crippen LogP contribution in [0.3, 0.4) is 0 Å². The highest BCUT2D eigenvalue weighted by Gasteiger charge is 2.25. The minimum Gasteiger partial charge on any atom is -0.340 e. The first-order chi connectivity index (χ1) is 13.8. The zero-order valence-corrected chi connectivity index (χ0v) is 15.8. The predicted octanol–water partition coefficient (Wildman–Crippen LogP) is 2.94. The van der Waals surface area contributed by atoms with Crippen LogP contribution in [0.15, 0.2) is 55.1 Å². The van der Waals surface area contributed by atoms with Crippen LogP contribution in [-0.4, -0.2) is 32.6 Å². The first kappa shape index (κ1) is 20.1. The Morgan fingerprint density at radius 1 is 1.07 bits per heavy atom. The molecule has 0 aliphatic carbocycles. The van der Waals surface area contributed by atoms with Gasteiger partial charge in [0.1, 0.15) is 30.2 Å². The van der Waals surface area contributed by atoms with Gasteiger partial charge in [-0.1, -0.05) is 13.8 Å². The molecule has 0 radical (unpaired) electrons. The fourth-order valence-electron chi connectivity index (χ4n) is 2.68. The van der Waals surface area contributed by atoms with E-state index in [1.807, 2.05) is 0 Å². The molecule has 1 heterocycles. The summed E-state index contributed by atoms with van der Waals surface area (Å²) < 4.78 is 28.6. The summed E-state index contributed by atoms with van der Waals surface area (Å²) in [5.74, 6) is -2.30. The lowest BCUT2D eigenvalue weighted by molar-refractivity contribution is -0.118. The molecule has 0 saturated carbocycles. The van der Waals surface area contributed by atoms with Gasteiger partial charge in [-0.3, -0.25) is 9.59 Å². The molecule has 29 heavy (non-hydrogen) atoms. The number of nitrogens with zero attached hydrogens (tertiary/aromatic N) is 3. The lowest BCUT2D eigenvalue weighted by atomic mass is 10.0. The molecule has 7 nitrogen and oxygen atoms in total. The number of nitrogens with one attached hydrogen (secondary N) is 2. The summed E-state index contributed by atoms with van der Waals surface area (Å²) in [4.78, 5) is 28.8. The minimum absolute atomic E-state index is 0.186. The number of carbonyl (C=O) groups is 2. The van der Waals surface area contributed by atoms with Gasteiger partial charge in [-0.15, -0.1) is 0 Å². The van der Waals surface area contributed by atoms with Crippen LogP contribution < -0.4 is 10.6 Å². The lowest BCUT2D eigenvalue weighted by Gasteiger charge is -2.22. The van der Waals surface area contributed by atoms with E-state index in [0.717, 1.165) is 6.07 Å². The first-order valence-corrected chi connectivity index (χ1v) is 8.87. The maximum Gasteiger partial charge on any atom is 0.251 e. The number of benzene rings is 2. The number of aromatic nitrogens is 3. The van der Waals surface area contributed by atoms with Gasteiger partial charge in [0, 0.05) is 11.3 Å². The van der Waals surface area contributed by atoms with E-state index < -0.39 is 29.5 Å². The van der Waals surface area contributed by atoms with E-state index in [4.69, 9.17) is 0 Å². The van der Waals surface area contributed by atoms with Gasteiger partial charge in [-0.05, 0) is 48.4 Å². The fourth-order valence-corrected chi connectivity index (χ4v) is 2.68. The molecule has 1 unspecified atom stereocenters. The van der Waals surface area contributed by atoms with Crippen molar-refractivity contribution < 1.29 is 18.4 Å². The number of amides is 2. The summed E-state index contributed by atoms with van der Waals surface area (Å²) in [5, 5.41) is 9.10. The molecule has 3 aromatic rings. The van der Waals surface area contributed by atoms with Crippen molar-refractivity contribution in [3.63, 3.8) is 0 Å². The molecule has 2 N–H and O–H groups in total. The number of carbonyl (C=O) groups excluding carboxylic acids is 2. The van der Waals surface area contributed by atoms with Gasteiger partial charge in [-0.25, -0.2) is 18.4 Å². The minimum atomic E-state index is -0.870. The van der Waals surface area contributed by atoms with Crippen LogP contribution in [-0.2, 0) is 4.79 Å². The third kappa shape index (κ3) is 4.81. The van der Waals surface area contributed by atoms with Gasteiger partial charge in [-0.2, -0.15) is 5.10 Å². The normalized spacial score (nSPS) is 11.9. The molecule has 0 bridgehead atoms. The Kier molecular flexibility index (Phi) is 5.96. The standard InChI is InChI=1S/C20H19F2N5O2/c1-12(2)18(26-19(28)13-3-5-14(21)6-4-13)20(29)25-15-7-8-17(16(22)9-15)27-11-23-10-24-27/h3-12,18H,1-2H3,(H,25,29)(H,26,28). The average Bonchev–Trinajstić information content (AvgIpc) is 3.20. The zero-order chi connectivity index (χ0) is 21.0. The van der Waals surface area contributed by atoms with Crippen molar-refractivity contribution in [2.75, 3.05) is 5.32 Å². The second kappa shape index (κ2) is 8.59. The van der Waals surface area contributed by atoms with E-state index in [9.17, 15) is 18.4 Å². The molecular formula is C20H19F2N5O2. The molecule has 1 atom stereocenters. The van der Waals surface area contributed by atoms with Gasteiger partial charge in [0.2, 0.25) is 5.91 Å². The smallest absolute Gasteiger partial charge is 0.251 e. The second-order valence-electron chi connectivity index (χ2n) is 6.70. The Morgan fingerprint density at radius 3 is 2.38 bits per heavy atom. The molecule has 150 valence electrons. The third-order valence-electron chi connectivity index (χ3n) is 4.22. The van der Waals surface area contributed by atoms with Crippen molar-refractivity contribution in [1.29, 1.82) is 0 Å². The lowest BCUT2D eigenvalue weighted by Crippen LogP contribution is -2.47. The van der Waals surface area contributed by atoms with Crippen molar-refractivity contribution in [1.82, 2.24) is 20.1 Å². The van der Waals surface area contributed by atoms with Crippen LogP contribution in [0.4, 0.5) is 14.5 Å². The first-order valence-electron chi connectivity index (χ1n) is 8.87. The predicted molar refractivity (Wildman–Crippen MR) is 102 cm³/mol. The van der Waals surface area contributed by atoms with Crippen molar-refractivity contribution in [2.24, 2.45) is 5.92 Å². The topological polar surface area (TPSA) is 88.9 Å². The van der Waals surface area contributed by atoms with E-state index in [-0.39, 0.29) is 22.9 Å². The molecule has 2 aromatic carbocycles. The molecule has 0 saturated heterocycles. The van der Waals surface area contributed by atoms with Crippen LogP contribution in [0.25, 0.3) is 5.69 Å². The Balaban J connectivity index is 1.72. The van der Waals surface area contributed by atoms with Crippen LogP contribution in [0.1, 0.15) is 24.2 Å². The number of hydrogen-bond acceptors (Lipinski definition) is 4. The van der Waals surface area contributed by atoms with Crippen LogP contribution >= 0.6 is 0 Å². The van der Waals surface area contributed by atoms with Crippen molar-refractivity contribution in [3.8, 4) is 5.69 Å². The van der Waals surface area contributed by atoms with Gasteiger partial charge in [0.05, 0.1) is 0 Å². The molecule has 0 fully saturated rings. The summed E-state index contributed by atoms with van der Waals surface area (Å²) in [6.45, 7) is 3.53. The maximum atomic E-state index is 14.3. The monoisotopic (exact) mass is 399 g/mol. The molecule has 0 aliphatic heterocycles. The van der Waals surface area contributed by atoms with Gasteiger partial charge >= 0.3 is 0 Å². The Bertz CT molecular complexity index is 1000. The fraction of sp³-hybridized carbons (Fsp3) is 0.200. The molecule has 3 rings (SSSR count). The van der Waals surface area contributed by atoms with Gasteiger partial charge < -0.3 is 10.6 Å².